The zero-order valence-electron chi connectivity index (χ0n) is 6.26. The summed E-state index contributed by atoms with van der Waals surface area (Å²) in [4.78, 5) is 7.86. The van der Waals surface area contributed by atoms with Crippen LogP contribution in [0, 0.1) is 5.82 Å². The van der Waals surface area contributed by atoms with Gasteiger partial charge in [0.2, 0.25) is 0 Å². The van der Waals surface area contributed by atoms with Crippen LogP contribution in [0.15, 0.2) is 22.9 Å². The average molecular weight is 261 g/mol. The molecule has 0 saturated heterocycles. The number of rotatable bonds is 0. The number of fused-ring (bicyclic) bond motifs is 1. The van der Waals surface area contributed by atoms with E-state index in [-0.39, 0.29) is 5.82 Å². The fourth-order valence-corrected chi connectivity index (χ4v) is 1.75. The molecule has 2 rings (SSSR count). The number of benzene rings is 1. The van der Waals surface area contributed by atoms with Gasteiger partial charge in [-0.25, -0.2) is 14.4 Å². The fourth-order valence-electron chi connectivity index (χ4n) is 1.04. The van der Waals surface area contributed by atoms with Crippen LogP contribution in [-0.2, 0) is 0 Å². The third-order valence-electron chi connectivity index (χ3n) is 1.59. The predicted molar refractivity (Wildman–Crippen MR) is 52.2 cm³/mol. The first kappa shape index (κ1) is 8.84. The molecule has 0 N–H and O–H groups in total. The van der Waals surface area contributed by atoms with Crippen molar-refractivity contribution in [2.24, 2.45) is 0 Å². The topological polar surface area (TPSA) is 25.8 Å². The molecule has 0 radical (unpaired) electrons. The number of aromatic nitrogens is 2. The minimum Gasteiger partial charge on any atom is -0.222 e. The Labute approximate surface area is 86.9 Å². The van der Waals surface area contributed by atoms with Crippen LogP contribution in [0.5, 0.6) is 0 Å². The van der Waals surface area contributed by atoms with E-state index in [4.69, 9.17) is 11.6 Å². The van der Waals surface area contributed by atoms with E-state index in [1.165, 1.54) is 12.1 Å². The van der Waals surface area contributed by atoms with Gasteiger partial charge in [0.1, 0.15) is 11.0 Å². The Hall–Kier alpha value is -0.740. The van der Waals surface area contributed by atoms with Gasteiger partial charge in [-0.05, 0) is 28.1 Å². The van der Waals surface area contributed by atoms with Crippen molar-refractivity contribution in [1.82, 2.24) is 9.97 Å². The lowest BCUT2D eigenvalue weighted by atomic mass is 10.2. The molecule has 0 fully saturated rings. The Balaban J connectivity index is 2.86. The predicted octanol–water partition coefficient (Wildman–Crippen LogP) is 3.18. The van der Waals surface area contributed by atoms with E-state index in [0.29, 0.717) is 20.8 Å². The lowest BCUT2D eigenvalue weighted by Gasteiger charge is -1.99. The molecule has 0 unspecified atom stereocenters. The molecule has 0 saturated carbocycles. The summed E-state index contributed by atoms with van der Waals surface area (Å²) >= 11 is 8.89. The molecule has 0 spiro atoms. The van der Waals surface area contributed by atoms with Gasteiger partial charge < -0.3 is 0 Å². The largest absolute Gasteiger partial charge is 0.222 e. The van der Waals surface area contributed by atoms with Crippen LogP contribution in [0.25, 0.3) is 10.9 Å². The lowest BCUT2D eigenvalue weighted by molar-refractivity contribution is 0.629. The van der Waals surface area contributed by atoms with Gasteiger partial charge in [0.25, 0.3) is 0 Å². The Morgan fingerprint density at radius 2 is 2.08 bits per heavy atom. The summed E-state index contributed by atoms with van der Waals surface area (Å²) in [5, 5.41) is 0.961. The van der Waals surface area contributed by atoms with Gasteiger partial charge in [0, 0.05) is 11.5 Å². The van der Waals surface area contributed by atoms with Crippen LogP contribution in [0.4, 0.5) is 4.39 Å². The summed E-state index contributed by atoms with van der Waals surface area (Å²) in [6, 6.07) is 4.19. The number of hydrogen-bond donors (Lipinski definition) is 0. The molecule has 0 aliphatic heterocycles. The zero-order valence-corrected chi connectivity index (χ0v) is 8.60. The molecule has 0 bridgehead atoms. The first-order valence-corrected chi connectivity index (χ1v) is 4.62. The monoisotopic (exact) mass is 260 g/mol. The standard InChI is InChI=1S/C8H3BrClFN2/c9-8-12-6-3-4(11)1-2-5(6)7(10)13-8/h1-3H. The van der Waals surface area contributed by atoms with Crippen LogP contribution >= 0.6 is 27.5 Å². The van der Waals surface area contributed by atoms with E-state index >= 15 is 0 Å². The van der Waals surface area contributed by atoms with Crippen molar-refractivity contribution >= 4 is 38.4 Å². The normalized spacial score (nSPS) is 10.7. The number of hydrogen-bond acceptors (Lipinski definition) is 2. The molecule has 2 nitrogen and oxygen atoms in total. The van der Waals surface area contributed by atoms with Gasteiger partial charge in [0.05, 0.1) is 5.52 Å². The first-order chi connectivity index (χ1) is 6.16. The van der Waals surface area contributed by atoms with E-state index in [1.54, 1.807) is 6.07 Å². The van der Waals surface area contributed by atoms with E-state index in [9.17, 15) is 4.39 Å². The summed E-state index contributed by atoms with van der Waals surface area (Å²) in [5.74, 6) is -0.339. The molecule has 0 atom stereocenters. The van der Waals surface area contributed by atoms with Gasteiger partial charge in [-0.2, -0.15) is 0 Å². The van der Waals surface area contributed by atoms with Gasteiger partial charge in [-0.1, -0.05) is 11.6 Å². The second-order valence-corrected chi connectivity index (χ2v) is 3.51. The maximum Gasteiger partial charge on any atom is 0.198 e. The fraction of sp³-hybridized carbons (Fsp3) is 0. The lowest BCUT2D eigenvalue weighted by Crippen LogP contribution is -1.87. The number of nitrogens with zero attached hydrogens (tertiary/aromatic N) is 2. The summed E-state index contributed by atoms with van der Waals surface area (Å²) in [5.41, 5.74) is 0.492. The van der Waals surface area contributed by atoms with E-state index in [2.05, 4.69) is 25.9 Å². The quantitative estimate of drug-likeness (QED) is 0.538. The van der Waals surface area contributed by atoms with Crippen molar-refractivity contribution in [2.45, 2.75) is 0 Å². The Morgan fingerprint density at radius 3 is 2.85 bits per heavy atom. The van der Waals surface area contributed by atoms with Crippen molar-refractivity contribution in [3.63, 3.8) is 0 Å². The maximum atomic E-state index is 12.8. The molecular formula is C8H3BrClFN2. The third-order valence-corrected chi connectivity index (χ3v) is 2.23. The highest BCUT2D eigenvalue weighted by Crippen LogP contribution is 2.22. The molecule has 0 aliphatic rings. The average Bonchev–Trinajstić information content (AvgIpc) is 2.02. The van der Waals surface area contributed by atoms with Gasteiger partial charge in [-0.15, -0.1) is 0 Å². The third kappa shape index (κ3) is 1.64. The second kappa shape index (κ2) is 3.20. The highest BCUT2D eigenvalue weighted by atomic mass is 79.9. The smallest absolute Gasteiger partial charge is 0.198 e. The van der Waals surface area contributed by atoms with Crippen LogP contribution in [0.2, 0.25) is 5.15 Å². The van der Waals surface area contributed by atoms with Crippen LogP contribution in [-0.4, -0.2) is 9.97 Å². The highest BCUT2D eigenvalue weighted by Gasteiger charge is 2.04. The summed E-state index contributed by atoms with van der Waals surface area (Å²) < 4.78 is 13.1. The maximum absolute atomic E-state index is 12.8. The molecule has 0 aliphatic carbocycles. The van der Waals surface area contributed by atoms with Crippen LogP contribution in [0.1, 0.15) is 0 Å². The van der Waals surface area contributed by atoms with Crippen LogP contribution < -0.4 is 0 Å². The first-order valence-electron chi connectivity index (χ1n) is 3.45. The van der Waals surface area contributed by atoms with Crippen molar-refractivity contribution in [3.05, 3.63) is 33.9 Å². The zero-order chi connectivity index (χ0) is 9.42. The molecule has 1 aromatic carbocycles. The van der Waals surface area contributed by atoms with Gasteiger partial charge in [-0.3, -0.25) is 0 Å². The van der Waals surface area contributed by atoms with Gasteiger partial charge >= 0.3 is 0 Å². The van der Waals surface area contributed by atoms with Crippen molar-refractivity contribution < 1.29 is 4.39 Å². The SMILES string of the molecule is Fc1ccc2c(Cl)nc(Br)nc2c1. The van der Waals surface area contributed by atoms with Crippen molar-refractivity contribution in [1.29, 1.82) is 0 Å². The van der Waals surface area contributed by atoms with Crippen molar-refractivity contribution in [3.8, 4) is 0 Å². The summed E-state index contributed by atoms with van der Waals surface area (Å²) in [7, 11) is 0. The minimum absolute atomic E-state index is 0.317. The Kier molecular flexibility index (Phi) is 2.17. The Morgan fingerprint density at radius 1 is 1.31 bits per heavy atom. The summed E-state index contributed by atoms with van der Waals surface area (Å²) in [6.07, 6.45) is 0. The van der Waals surface area contributed by atoms with E-state index in [1.807, 2.05) is 0 Å². The van der Waals surface area contributed by atoms with Crippen LogP contribution in [0.3, 0.4) is 0 Å². The molecule has 1 aromatic heterocycles. The summed E-state index contributed by atoms with van der Waals surface area (Å²) in [6.45, 7) is 0. The molecule has 2 aromatic rings. The molecule has 5 heteroatoms. The Bertz CT molecular complexity index is 470. The molecule has 66 valence electrons. The van der Waals surface area contributed by atoms with E-state index < -0.39 is 0 Å². The minimum atomic E-state index is -0.339. The van der Waals surface area contributed by atoms with E-state index in [0.717, 1.165) is 0 Å². The highest BCUT2D eigenvalue weighted by molar-refractivity contribution is 9.10. The molecular weight excluding hydrogens is 258 g/mol. The molecule has 13 heavy (non-hydrogen) atoms. The molecule has 1 heterocycles. The van der Waals surface area contributed by atoms with Gasteiger partial charge in [0.15, 0.2) is 4.73 Å². The second-order valence-electron chi connectivity index (χ2n) is 2.44. The van der Waals surface area contributed by atoms with Crippen molar-refractivity contribution in [2.75, 3.05) is 0 Å². The number of halogens is 3. The molecule has 0 amide bonds.